The van der Waals surface area contributed by atoms with E-state index in [9.17, 15) is 9.59 Å². The van der Waals surface area contributed by atoms with Crippen molar-refractivity contribution in [2.75, 3.05) is 18.4 Å². The van der Waals surface area contributed by atoms with E-state index in [1.807, 2.05) is 0 Å². The van der Waals surface area contributed by atoms with Crippen LogP contribution in [0.5, 0.6) is 0 Å². The van der Waals surface area contributed by atoms with Crippen molar-refractivity contribution in [2.24, 2.45) is 0 Å². The van der Waals surface area contributed by atoms with Crippen molar-refractivity contribution in [3.63, 3.8) is 0 Å². The molecule has 2 aromatic rings. The van der Waals surface area contributed by atoms with Gasteiger partial charge >= 0.3 is 0 Å². The summed E-state index contributed by atoms with van der Waals surface area (Å²) in [7, 11) is 0. The van der Waals surface area contributed by atoms with Gasteiger partial charge in [-0.3, -0.25) is 9.59 Å². The van der Waals surface area contributed by atoms with E-state index in [-0.39, 0.29) is 23.1 Å². The Kier molecular flexibility index (Phi) is 5.20. The second-order valence-corrected chi connectivity index (χ2v) is 8.30. The Morgan fingerprint density at radius 3 is 2.61 bits per heavy atom. The zero-order valence-electron chi connectivity index (χ0n) is 16.6. The van der Waals surface area contributed by atoms with Crippen LogP contribution in [-0.4, -0.2) is 39.9 Å². The summed E-state index contributed by atoms with van der Waals surface area (Å²) in [6.07, 6.45) is 5.50. The molecule has 2 fully saturated rings. The summed E-state index contributed by atoms with van der Waals surface area (Å²) in [5, 5.41) is 3.53. The molecule has 1 saturated heterocycles. The summed E-state index contributed by atoms with van der Waals surface area (Å²) < 4.78 is 0. The highest BCUT2D eigenvalue weighted by molar-refractivity contribution is 5.93. The van der Waals surface area contributed by atoms with Gasteiger partial charge in [-0.2, -0.15) is 0 Å². The maximum Gasteiger partial charge on any atom is 0.263 e. The van der Waals surface area contributed by atoms with E-state index < -0.39 is 0 Å². The summed E-state index contributed by atoms with van der Waals surface area (Å²) in [5.74, 6) is 1.36. The van der Waals surface area contributed by atoms with Gasteiger partial charge in [-0.05, 0) is 49.3 Å². The average molecular weight is 380 g/mol. The largest absolute Gasteiger partial charge is 0.381 e. The Labute approximate surface area is 165 Å². The van der Waals surface area contributed by atoms with Crippen molar-refractivity contribution >= 4 is 11.6 Å². The van der Waals surface area contributed by atoms with Crippen molar-refractivity contribution in [1.82, 2.24) is 14.9 Å². The predicted octanol–water partition coefficient (Wildman–Crippen LogP) is 3.49. The average Bonchev–Trinajstić information content (AvgIpc) is 3.53. The molecular formula is C22H28N4O2. The molecule has 28 heavy (non-hydrogen) atoms. The van der Waals surface area contributed by atoms with Crippen LogP contribution >= 0.6 is 0 Å². The monoisotopic (exact) mass is 380 g/mol. The fraction of sp³-hybridized carbons (Fsp3) is 0.500. The molecule has 2 heterocycles. The van der Waals surface area contributed by atoms with Gasteiger partial charge in [0, 0.05) is 36.9 Å². The van der Waals surface area contributed by atoms with Crippen LogP contribution in [0.1, 0.15) is 73.1 Å². The molecule has 1 aromatic heterocycles. The summed E-state index contributed by atoms with van der Waals surface area (Å²) >= 11 is 0. The highest BCUT2D eigenvalue weighted by atomic mass is 16.2. The molecule has 2 N–H and O–H groups in total. The fourth-order valence-electron chi connectivity index (χ4n) is 3.77. The third kappa shape index (κ3) is 4.11. The number of benzene rings is 1. The third-order valence-corrected chi connectivity index (χ3v) is 5.67. The number of hydrogen-bond donors (Lipinski definition) is 2. The predicted molar refractivity (Wildman–Crippen MR) is 110 cm³/mol. The Hall–Kier alpha value is -2.63. The van der Waals surface area contributed by atoms with Crippen molar-refractivity contribution in [1.29, 1.82) is 0 Å². The zero-order chi connectivity index (χ0) is 19.7. The van der Waals surface area contributed by atoms with Gasteiger partial charge in [-0.1, -0.05) is 26.0 Å². The van der Waals surface area contributed by atoms with Gasteiger partial charge in [0.15, 0.2) is 0 Å². The topological polar surface area (TPSA) is 78.1 Å². The fourth-order valence-corrected chi connectivity index (χ4v) is 3.77. The molecule has 6 heteroatoms. The van der Waals surface area contributed by atoms with E-state index in [1.54, 1.807) is 4.90 Å². The van der Waals surface area contributed by atoms with Gasteiger partial charge in [0.05, 0.1) is 0 Å². The number of carbonyl (C=O) groups is 1. The van der Waals surface area contributed by atoms with E-state index in [0.29, 0.717) is 30.7 Å². The van der Waals surface area contributed by atoms with Gasteiger partial charge in [0.2, 0.25) is 0 Å². The van der Waals surface area contributed by atoms with Gasteiger partial charge in [-0.15, -0.1) is 0 Å². The standard InChI is InChI=1S/C22H28N4O2/c1-14(2)15-7-9-17(10-8-15)24-18-4-3-11-26(13-18)22(28)19-12-23-20(16-5-6-16)25-21(19)27/h7-10,12,14,16,18,24H,3-6,11,13H2,1-2H3,(H,23,25,27)/t18-/m0/s1. The molecule has 1 aliphatic carbocycles. The first-order chi connectivity index (χ1) is 13.5. The van der Waals surface area contributed by atoms with Crippen LogP contribution in [0.4, 0.5) is 5.69 Å². The first kappa shape index (κ1) is 18.7. The zero-order valence-corrected chi connectivity index (χ0v) is 16.6. The number of nitrogens with one attached hydrogen (secondary N) is 2. The lowest BCUT2D eigenvalue weighted by Gasteiger charge is -2.33. The van der Waals surface area contributed by atoms with Crippen LogP contribution in [0.2, 0.25) is 0 Å². The molecule has 1 aliphatic heterocycles. The van der Waals surface area contributed by atoms with Crippen LogP contribution in [0.3, 0.4) is 0 Å². The second-order valence-electron chi connectivity index (χ2n) is 8.30. The third-order valence-electron chi connectivity index (χ3n) is 5.67. The Morgan fingerprint density at radius 2 is 1.96 bits per heavy atom. The van der Waals surface area contributed by atoms with Crippen molar-refractivity contribution in [3.05, 3.63) is 57.8 Å². The van der Waals surface area contributed by atoms with E-state index in [2.05, 4.69) is 53.4 Å². The van der Waals surface area contributed by atoms with Gasteiger partial charge < -0.3 is 15.2 Å². The summed E-state index contributed by atoms with van der Waals surface area (Å²) in [5.41, 5.74) is 2.21. The molecule has 6 nitrogen and oxygen atoms in total. The quantitative estimate of drug-likeness (QED) is 0.832. The number of anilines is 1. The molecule has 2 aliphatic rings. The minimum absolute atomic E-state index is 0.145. The molecule has 0 bridgehead atoms. The molecule has 1 atom stereocenters. The lowest BCUT2D eigenvalue weighted by atomic mass is 10.0. The molecule has 1 aromatic carbocycles. The van der Waals surface area contributed by atoms with Gasteiger partial charge in [-0.25, -0.2) is 4.98 Å². The number of rotatable bonds is 5. The molecular weight excluding hydrogens is 352 g/mol. The number of hydrogen-bond acceptors (Lipinski definition) is 4. The first-order valence-electron chi connectivity index (χ1n) is 10.3. The maximum absolute atomic E-state index is 12.9. The number of carbonyl (C=O) groups excluding carboxylic acids is 1. The molecule has 148 valence electrons. The van der Waals surface area contributed by atoms with Crippen LogP contribution in [-0.2, 0) is 0 Å². The van der Waals surface area contributed by atoms with Crippen molar-refractivity contribution < 1.29 is 4.79 Å². The number of nitrogens with zero attached hydrogens (tertiary/aromatic N) is 2. The highest BCUT2D eigenvalue weighted by Crippen LogP contribution is 2.37. The molecule has 0 radical (unpaired) electrons. The number of piperidine rings is 1. The Morgan fingerprint density at radius 1 is 1.21 bits per heavy atom. The van der Waals surface area contributed by atoms with Crippen molar-refractivity contribution in [3.8, 4) is 0 Å². The maximum atomic E-state index is 12.9. The number of aromatic nitrogens is 2. The van der Waals surface area contributed by atoms with E-state index in [4.69, 9.17) is 0 Å². The number of amides is 1. The minimum Gasteiger partial charge on any atom is -0.381 e. The summed E-state index contributed by atoms with van der Waals surface area (Å²) in [6, 6.07) is 8.67. The lowest BCUT2D eigenvalue weighted by Crippen LogP contribution is -2.46. The number of aromatic amines is 1. The molecule has 4 rings (SSSR count). The first-order valence-corrected chi connectivity index (χ1v) is 10.3. The minimum atomic E-state index is -0.318. The van der Waals surface area contributed by atoms with Gasteiger partial charge in [0.1, 0.15) is 11.4 Å². The van der Waals surface area contributed by atoms with Gasteiger partial charge in [0.25, 0.3) is 11.5 Å². The smallest absolute Gasteiger partial charge is 0.263 e. The number of likely N-dealkylation sites (tertiary alicyclic amines) is 1. The van der Waals surface area contributed by atoms with E-state index in [1.165, 1.54) is 11.8 Å². The molecule has 0 unspecified atom stereocenters. The molecule has 0 spiro atoms. The normalized spacial score (nSPS) is 19.7. The van der Waals surface area contributed by atoms with E-state index in [0.717, 1.165) is 31.4 Å². The number of H-pyrrole nitrogens is 1. The SMILES string of the molecule is CC(C)c1ccc(N[C@H]2CCCN(C(=O)c3cnc(C4CC4)[nH]c3=O)C2)cc1. The summed E-state index contributed by atoms with van der Waals surface area (Å²) in [6.45, 7) is 5.63. The van der Waals surface area contributed by atoms with Crippen LogP contribution < -0.4 is 10.9 Å². The second kappa shape index (κ2) is 7.78. The van der Waals surface area contributed by atoms with Crippen LogP contribution in [0.25, 0.3) is 0 Å². The molecule has 1 saturated carbocycles. The Balaban J connectivity index is 1.41. The van der Waals surface area contributed by atoms with Crippen LogP contribution in [0.15, 0.2) is 35.3 Å². The van der Waals surface area contributed by atoms with E-state index >= 15 is 0 Å². The van der Waals surface area contributed by atoms with Crippen molar-refractivity contribution in [2.45, 2.75) is 57.4 Å². The summed E-state index contributed by atoms with van der Waals surface area (Å²) in [4.78, 5) is 34.1. The lowest BCUT2D eigenvalue weighted by molar-refractivity contribution is 0.0712. The van der Waals surface area contributed by atoms with Crippen LogP contribution in [0, 0.1) is 0 Å². The molecule has 1 amide bonds. The Bertz CT molecular complexity index is 899. The highest BCUT2D eigenvalue weighted by Gasteiger charge is 2.29.